The Morgan fingerprint density at radius 3 is 2.85 bits per heavy atom. The number of hydrogen-bond donors (Lipinski definition) is 1. The van der Waals surface area contributed by atoms with Gasteiger partial charge in [-0.3, -0.25) is 0 Å². The van der Waals surface area contributed by atoms with Crippen LogP contribution < -0.4 is 5.32 Å². The van der Waals surface area contributed by atoms with Gasteiger partial charge in [-0.1, -0.05) is 25.4 Å². The van der Waals surface area contributed by atoms with Gasteiger partial charge in [0.2, 0.25) is 0 Å². The molecule has 72 valence electrons. The lowest BCUT2D eigenvalue weighted by molar-refractivity contribution is 0.349. The molecule has 0 aromatic carbocycles. The summed E-state index contributed by atoms with van der Waals surface area (Å²) in [6.45, 7) is 4.00. The highest BCUT2D eigenvalue weighted by molar-refractivity contribution is 6.31. The fourth-order valence-electron chi connectivity index (χ4n) is 1.37. The van der Waals surface area contributed by atoms with Gasteiger partial charge in [0.15, 0.2) is 0 Å². The van der Waals surface area contributed by atoms with Gasteiger partial charge in [0, 0.05) is 13.2 Å². The van der Waals surface area contributed by atoms with Crippen molar-refractivity contribution >= 4 is 11.6 Å². The van der Waals surface area contributed by atoms with Crippen LogP contribution in [0.15, 0.2) is 35.2 Å². The number of halogens is 1. The minimum atomic E-state index is 0.289. The summed E-state index contributed by atoms with van der Waals surface area (Å²) in [7, 11) is 2.00. The minimum Gasteiger partial charge on any atom is -0.368 e. The first-order chi connectivity index (χ1) is 6.27. The molecule has 13 heavy (non-hydrogen) atoms. The zero-order valence-corrected chi connectivity index (χ0v) is 8.97. The molecular formula is C10H15ClN2. The van der Waals surface area contributed by atoms with Gasteiger partial charge >= 0.3 is 0 Å². The van der Waals surface area contributed by atoms with Gasteiger partial charge in [-0.25, -0.2) is 0 Å². The first-order valence-corrected chi connectivity index (χ1v) is 4.88. The van der Waals surface area contributed by atoms with Crippen LogP contribution in [-0.4, -0.2) is 18.1 Å². The van der Waals surface area contributed by atoms with Gasteiger partial charge in [-0.05, 0) is 23.9 Å². The van der Waals surface area contributed by atoms with E-state index < -0.39 is 0 Å². The third-order valence-electron chi connectivity index (χ3n) is 1.88. The summed E-state index contributed by atoms with van der Waals surface area (Å²) in [5.74, 6) is 0. The zero-order chi connectivity index (χ0) is 9.84. The van der Waals surface area contributed by atoms with Crippen LogP contribution in [0.3, 0.4) is 0 Å². The predicted molar refractivity (Wildman–Crippen MR) is 57.2 cm³/mol. The standard InChI is InChI=1S/C8H9ClN2.C2H6/c1-11-5-7(9)4-6-2-3-10-8(6)11;1-2/h2-5,8,10H,1H3;1-2H3. The van der Waals surface area contributed by atoms with Crippen LogP contribution in [0.1, 0.15) is 13.8 Å². The number of likely N-dealkylation sites (N-methyl/N-ethyl adjacent to an activating group) is 1. The Morgan fingerprint density at radius 2 is 2.15 bits per heavy atom. The molecule has 0 saturated heterocycles. The highest BCUT2D eigenvalue weighted by Crippen LogP contribution is 2.23. The molecule has 0 saturated carbocycles. The van der Waals surface area contributed by atoms with Crippen LogP contribution >= 0.6 is 11.6 Å². The Labute approximate surface area is 84.6 Å². The number of fused-ring (bicyclic) bond motifs is 1. The summed E-state index contributed by atoms with van der Waals surface area (Å²) < 4.78 is 0. The summed E-state index contributed by atoms with van der Waals surface area (Å²) in [5, 5.41) is 3.99. The highest BCUT2D eigenvalue weighted by atomic mass is 35.5. The van der Waals surface area contributed by atoms with E-state index in [1.807, 2.05) is 45.4 Å². The van der Waals surface area contributed by atoms with E-state index in [2.05, 4.69) is 10.2 Å². The van der Waals surface area contributed by atoms with E-state index in [-0.39, 0.29) is 6.17 Å². The van der Waals surface area contributed by atoms with Gasteiger partial charge in [-0.2, -0.15) is 0 Å². The van der Waals surface area contributed by atoms with Crippen molar-refractivity contribution in [2.24, 2.45) is 0 Å². The third kappa shape index (κ3) is 2.07. The molecule has 2 aliphatic rings. The molecule has 2 aliphatic heterocycles. The molecule has 1 atom stereocenters. The molecule has 0 amide bonds. The fourth-order valence-corrected chi connectivity index (χ4v) is 1.65. The van der Waals surface area contributed by atoms with E-state index in [9.17, 15) is 0 Å². The summed E-state index contributed by atoms with van der Waals surface area (Å²) >= 11 is 5.86. The Morgan fingerprint density at radius 1 is 1.46 bits per heavy atom. The Hall–Kier alpha value is -0.890. The first kappa shape index (κ1) is 10.2. The molecule has 2 heterocycles. The second-order valence-corrected chi connectivity index (χ2v) is 3.16. The van der Waals surface area contributed by atoms with Crippen LogP contribution in [0.2, 0.25) is 0 Å². The largest absolute Gasteiger partial charge is 0.368 e. The quantitative estimate of drug-likeness (QED) is 0.643. The van der Waals surface area contributed by atoms with Crippen molar-refractivity contribution in [2.75, 3.05) is 7.05 Å². The van der Waals surface area contributed by atoms with Crippen LogP contribution in [0.4, 0.5) is 0 Å². The third-order valence-corrected chi connectivity index (χ3v) is 2.09. The fraction of sp³-hybridized carbons (Fsp3) is 0.400. The van der Waals surface area contributed by atoms with E-state index in [0.717, 1.165) is 5.03 Å². The van der Waals surface area contributed by atoms with Crippen molar-refractivity contribution in [1.29, 1.82) is 0 Å². The number of rotatable bonds is 0. The predicted octanol–water partition coefficient (Wildman–Crippen LogP) is 2.41. The normalized spacial score (nSPS) is 23.7. The van der Waals surface area contributed by atoms with E-state index >= 15 is 0 Å². The molecule has 3 heteroatoms. The van der Waals surface area contributed by atoms with Gasteiger partial charge < -0.3 is 10.2 Å². The second kappa shape index (κ2) is 4.38. The van der Waals surface area contributed by atoms with Gasteiger partial charge in [0.25, 0.3) is 0 Å². The average molecular weight is 199 g/mol. The molecular weight excluding hydrogens is 184 g/mol. The molecule has 1 unspecified atom stereocenters. The highest BCUT2D eigenvalue weighted by Gasteiger charge is 2.21. The number of allylic oxidation sites excluding steroid dienone is 2. The van der Waals surface area contributed by atoms with E-state index in [1.165, 1.54) is 5.57 Å². The second-order valence-electron chi connectivity index (χ2n) is 2.73. The first-order valence-electron chi connectivity index (χ1n) is 4.51. The van der Waals surface area contributed by atoms with Crippen LogP contribution in [0.5, 0.6) is 0 Å². The van der Waals surface area contributed by atoms with E-state index in [4.69, 9.17) is 11.6 Å². The monoisotopic (exact) mass is 198 g/mol. The van der Waals surface area contributed by atoms with Crippen molar-refractivity contribution in [3.05, 3.63) is 35.2 Å². The Balaban J connectivity index is 0.000000396. The molecule has 0 aliphatic carbocycles. The Kier molecular flexibility index (Phi) is 3.43. The molecule has 0 spiro atoms. The molecule has 0 aromatic heterocycles. The molecule has 0 fully saturated rings. The van der Waals surface area contributed by atoms with E-state index in [0.29, 0.717) is 0 Å². The van der Waals surface area contributed by atoms with Crippen LogP contribution in [-0.2, 0) is 0 Å². The van der Waals surface area contributed by atoms with Crippen LogP contribution in [0.25, 0.3) is 0 Å². The van der Waals surface area contributed by atoms with Crippen molar-refractivity contribution in [3.63, 3.8) is 0 Å². The lowest BCUT2D eigenvalue weighted by Gasteiger charge is -2.27. The maximum atomic E-state index is 5.86. The van der Waals surface area contributed by atoms with Gasteiger partial charge in [-0.15, -0.1) is 0 Å². The number of nitrogens with zero attached hydrogens (tertiary/aromatic N) is 1. The topological polar surface area (TPSA) is 15.3 Å². The summed E-state index contributed by atoms with van der Waals surface area (Å²) in [5.41, 5.74) is 1.22. The maximum absolute atomic E-state index is 5.86. The van der Waals surface area contributed by atoms with Gasteiger partial charge in [0.05, 0.1) is 5.03 Å². The summed E-state index contributed by atoms with van der Waals surface area (Å²) in [6, 6.07) is 0. The molecule has 0 bridgehead atoms. The molecule has 2 nitrogen and oxygen atoms in total. The average Bonchev–Trinajstić information content (AvgIpc) is 2.55. The summed E-state index contributed by atoms with van der Waals surface area (Å²) in [6.07, 6.45) is 8.16. The molecule has 0 aromatic rings. The van der Waals surface area contributed by atoms with E-state index in [1.54, 1.807) is 0 Å². The van der Waals surface area contributed by atoms with Crippen LogP contribution in [0, 0.1) is 0 Å². The smallest absolute Gasteiger partial charge is 0.125 e. The lowest BCUT2D eigenvalue weighted by Crippen LogP contribution is -2.37. The molecule has 0 radical (unpaired) electrons. The Bertz CT molecular complexity index is 266. The molecule has 2 rings (SSSR count). The molecule has 1 N–H and O–H groups in total. The zero-order valence-electron chi connectivity index (χ0n) is 8.21. The van der Waals surface area contributed by atoms with Crippen molar-refractivity contribution < 1.29 is 0 Å². The van der Waals surface area contributed by atoms with Crippen molar-refractivity contribution in [3.8, 4) is 0 Å². The number of hydrogen-bond acceptors (Lipinski definition) is 2. The number of nitrogens with one attached hydrogen (secondary N) is 1. The maximum Gasteiger partial charge on any atom is 0.125 e. The van der Waals surface area contributed by atoms with Crippen molar-refractivity contribution in [2.45, 2.75) is 20.0 Å². The minimum absolute atomic E-state index is 0.289. The lowest BCUT2D eigenvalue weighted by atomic mass is 10.1. The van der Waals surface area contributed by atoms with Gasteiger partial charge in [0.1, 0.15) is 6.17 Å². The SMILES string of the molecule is CC.CN1C=C(Cl)C=C2C=CNC21. The summed E-state index contributed by atoms with van der Waals surface area (Å²) in [4.78, 5) is 2.05. The van der Waals surface area contributed by atoms with Crippen molar-refractivity contribution in [1.82, 2.24) is 10.2 Å².